The first kappa shape index (κ1) is 13.5. The Kier molecular flexibility index (Phi) is 4.03. The van der Waals surface area contributed by atoms with E-state index >= 15 is 0 Å². The van der Waals surface area contributed by atoms with E-state index < -0.39 is 0 Å². The molecule has 0 spiro atoms. The molecule has 18 heavy (non-hydrogen) atoms. The molecule has 94 valence electrons. The van der Waals surface area contributed by atoms with E-state index in [1.54, 1.807) is 0 Å². The van der Waals surface area contributed by atoms with Gasteiger partial charge in [0, 0.05) is 5.56 Å². The predicted octanol–water partition coefficient (Wildman–Crippen LogP) is 4.74. The Hall–Kier alpha value is -0.930. The minimum atomic E-state index is 0.469. The fraction of sp³-hybridized carbons (Fsp3) is 0.286. The molecule has 1 heterocycles. The highest BCUT2D eigenvalue weighted by atomic mass is 79.9. The van der Waals surface area contributed by atoms with Crippen LogP contribution < -0.4 is 0 Å². The van der Waals surface area contributed by atoms with Crippen molar-refractivity contribution in [1.82, 2.24) is 9.97 Å². The van der Waals surface area contributed by atoms with Gasteiger partial charge in [-0.05, 0) is 41.8 Å². The van der Waals surface area contributed by atoms with Gasteiger partial charge in [-0.2, -0.15) is 0 Å². The molecular formula is C14H14BrClN2. The Morgan fingerprint density at radius 1 is 1.22 bits per heavy atom. The number of nitrogens with zero attached hydrogens (tertiary/aromatic N) is 2. The molecule has 4 heteroatoms. The van der Waals surface area contributed by atoms with E-state index in [1.165, 1.54) is 5.56 Å². The maximum absolute atomic E-state index is 6.13. The van der Waals surface area contributed by atoms with E-state index in [4.69, 9.17) is 11.6 Å². The molecule has 0 atom stereocenters. The van der Waals surface area contributed by atoms with Crippen LogP contribution in [0.15, 0.2) is 22.7 Å². The van der Waals surface area contributed by atoms with Crippen LogP contribution in [0.25, 0.3) is 11.4 Å². The molecule has 0 saturated heterocycles. The molecule has 2 nitrogen and oxygen atoms in total. The quantitative estimate of drug-likeness (QED) is 0.745. The normalized spacial score (nSPS) is 10.7. The van der Waals surface area contributed by atoms with Gasteiger partial charge in [-0.25, -0.2) is 9.97 Å². The monoisotopic (exact) mass is 324 g/mol. The van der Waals surface area contributed by atoms with E-state index in [0.29, 0.717) is 11.0 Å². The Morgan fingerprint density at radius 3 is 2.56 bits per heavy atom. The summed E-state index contributed by atoms with van der Waals surface area (Å²) < 4.78 is 0.792. The zero-order valence-corrected chi connectivity index (χ0v) is 12.9. The number of halogens is 2. The van der Waals surface area contributed by atoms with Crippen molar-refractivity contribution in [3.8, 4) is 11.4 Å². The maximum atomic E-state index is 6.13. The van der Waals surface area contributed by atoms with Gasteiger partial charge in [0.2, 0.25) is 0 Å². The number of rotatable bonds is 2. The van der Waals surface area contributed by atoms with E-state index in [1.807, 2.05) is 6.07 Å². The summed E-state index contributed by atoms with van der Waals surface area (Å²) in [4.78, 5) is 8.92. The third kappa shape index (κ3) is 2.57. The van der Waals surface area contributed by atoms with Crippen molar-refractivity contribution in [2.75, 3.05) is 0 Å². The molecule has 1 aromatic carbocycles. The average molecular weight is 326 g/mol. The molecule has 0 saturated carbocycles. The van der Waals surface area contributed by atoms with Crippen LogP contribution in [0.1, 0.15) is 23.7 Å². The summed E-state index contributed by atoms with van der Waals surface area (Å²) in [6.45, 7) is 6.19. The van der Waals surface area contributed by atoms with Crippen molar-refractivity contribution in [1.29, 1.82) is 0 Å². The third-order valence-corrected chi connectivity index (χ3v) is 4.17. The van der Waals surface area contributed by atoms with E-state index in [9.17, 15) is 0 Å². The first-order valence-corrected chi connectivity index (χ1v) is 6.99. The van der Waals surface area contributed by atoms with Gasteiger partial charge < -0.3 is 0 Å². The van der Waals surface area contributed by atoms with Crippen LogP contribution in [0.5, 0.6) is 0 Å². The third-order valence-electron chi connectivity index (χ3n) is 2.84. The second kappa shape index (κ2) is 5.37. The van der Waals surface area contributed by atoms with Crippen molar-refractivity contribution < 1.29 is 0 Å². The summed E-state index contributed by atoms with van der Waals surface area (Å²) in [5.41, 5.74) is 4.36. The molecule has 0 amide bonds. The second-order valence-electron chi connectivity index (χ2n) is 4.27. The van der Waals surface area contributed by atoms with Crippen LogP contribution in [-0.4, -0.2) is 9.97 Å². The molecule has 0 radical (unpaired) electrons. The molecule has 1 aromatic heterocycles. The van der Waals surface area contributed by atoms with Crippen LogP contribution in [0.2, 0.25) is 5.15 Å². The summed E-state index contributed by atoms with van der Waals surface area (Å²) in [6.07, 6.45) is 0.820. The lowest BCUT2D eigenvalue weighted by Gasteiger charge is -2.09. The first-order valence-electron chi connectivity index (χ1n) is 5.82. The van der Waals surface area contributed by atoms with Gasteiger partial charge in [0.15, 0.2) is 5.82 Å². The Bertz CT molecular complexity index is 597. The summed E-state index contributed by atoms with van der Waals surface area (Å²) in [5.74, 6) is 0.692. The zero-order chi connectivity index (χ0) is 13.3. The largest absolute Gasteiger partial charge is 0.232 e. The molecule has 0 aliphatic carbocycles. The molecule has 0 unspecified atom stereocenters. The minimum absolute atomic E-state index is 0.469. The maximum Gasteiger partial charge on any atom is 0.161 e. The van der Waals surface area contributed by atoms with E-state index in [-0.39, 0.29) is 0 Å². The highest BCUT2D eigenvalue weighted by Gasteiger charge is 2.12. The number of benzene rings is 1. The lowest BCUT2D eigenvalue weighted by atomic mass is 10.1. The smallest absolute Gasteiger partial charge is 0.161 e. The van der Waals surface area contributed by atoms with Gasteiger partial charge >= 0.3 is 0 Å². The van der Waals surface area contributed by atoms with Gasteiger partial charge in [-0.3, -0.25) is 0 Å². The Labute approximate surface area is 121 Å². The number of aromatic nitrogens is 2. The van der Waals surface area contributed by atoms with E-state index in [0.717, 1.165) is 27.7 Å². The highest BCUT2D eigenvalue weighted by Crippen LogP contribution is 2.28. The van der Waals surface area contributed by atoms with E-state index in [2.05, 4.69) is 58.8 Å². The van der Waals surface area contributed by atoms with Gasteiger partial charge in [-0.1, -0.05) is 42.3 Å². The molecular weight excluding hydrogens is 312 g/mol. The number of aryl methyl sites for hydroxylation is 3. The van der Waals surface area contributed by atoms with Crippen LogP contribution in [-0.2, 0) is 6.42 Å². The topological polar surface area (TPSA) is 25.8 Å². The fourth-order valence-corrected chi connectivity index (χ4v) is 2.53. The van der Waals surface area contributed by atoms with Gasteiger partial charge in [-0.15, -0.1) is 0 Å². The summed E-state index contributed by atoms with van der Waals surface area (Å²) >= 11 is 9.55. The molecule has 2 rings (SSSR count). The Balaban J connectivity index is 2.60. The van der Waals surface area contributed by atoms with Crippen molar-refractivity contribution in [2.45, 2.75) is 27.2 Å². The summed E-state index contributed by atoms with van der Waals surface area (Å²) in [7, 11) is 0. The molecule has 0 N–H and O–H groups in total. The number of hydrogen-bond acceptors (Lipinski definition) is 2. The van der Waals surface area contributed by atoms with Crippen LogP contribution in [0, 0.1) is 13.8 Å². The Morgan fingerprint density at radius 2 is 1.94 bits per heavy atom. The SMILES string of the molecule is CCc1nc(-c2ccc(C)cc2C)nc(Cl)c1Br. The number of hydrogen-bond donors (Lipinski definition) is 0. The lowest BCUT2D eigenvalue weighted by Crippen LogP contribution is -1.98. The predicted molar refractivity (Wildman–Crippen MR) is 79.0 cm³/mol. The van der Waals surface area contributed by atoms with Crippen LogP contribution >= 0.6 is 27.5 Å². The second-order valence-corrected chi connectivity index (χ2v) is 5.42. The molecule has 0 fully saturated rings. The summed E-state index contributed by atoms with van der Waals surface area (Å²) in [5, 5.41) is 0.469. The minimum Gasteiger partial charge on any atom is -0.232 e. The lowest BCUT2D eigenvalue weighted by molar-refractivity contribution is 0.989. The van der Waals surface area contributed by atoms with Crippen molar-refractivity contribution in [2.24, 2.45) is 0 Å². The van der Waals surface area contributed by atoms with Gasteiger partial charge in [0.25, 0.3) is 0 Å². The molecule has 0 aliphatic heterocycles. The average Bonchev–Trinajstić information content (AvgIpc) is 2.32. The van der Waals surface area contributed by atoms with Gasteiger partial charge in [0.05, 0.1) is 10.2 Å². The first-order chi connectivity index (χ1) is 8.52. The highest BCUT2D eigenvalue weighted by molar-refractivity contribution is 9.10. The van der Waals surface area contributed by atoms with Crippen molar-refractivity contribution >= 4 is 27.5 Å². The van der Waals surface area contributed by atoms with Gasteiger partial charge in [0.1, 0.15) is 5.15 Å². The summed E-state index contributed by atoms with van der Waals surface area (Å²) in [6, 6.07) is 6.23. The van der Waals surface area contributed by atoms with Crippen LogP contribution in [0.4, 0.5) is 0 Å². The van der Waals surface area contributed by atoms with Crippen LogP contribution in [0.3, 0.4) is 0 Å². The molecule has 2 aromatic rings. The zero-order valence-electron chi connectivity index (χ0n) is 10.6. The molecule has 0 aliphatic rings. The molecule has 0 bridgehead atoms. The van der Waals surface area contributed by atoms with Crippen molar-refractivity contribution in [3.63, 3.8) is 0 Å². The van der Waals surface area contributed by atoms with Crippen molar-refractivity contribution in [3.05, 3.63) is 44.6 Å². The fourth-order valence-electron chi connectivity index (χ4n) is 1.88. The standard InChI is InChI=1S/C14H14BrClN2/c1-4-11-12(15)13(16)18-14(17-11)10-6-5-8(2)7-9(10)3/h5-7H,4H2,1-3H3.